The zero-order chi connectivity index (χ0) is 13.0. The van der Waals surface area contributed by atoms with Crippen LogP contribution in [0.15, 0.2) is 18.5 Å². The van der Waals surface area contributed by atoms with E-state index in [1.54, 1.807) is 24.4 Å². The van der Waals surface area contributed by atoms with E-state index >= 15 is 0 Å². The summed E-state index contributed by atoms with van der Waals surface area (Å²) in [5, 5.41) is 0. The predicted molar refractivity (Wildman–Crippen MR) is 67.0 cm³/mol. The molecule has 1 aliphatic heterocycles. The molecule has 18 heavy (non-hydrogen) atoms. The van der Waals surface area contributed by atoms with Crippen LogP contribution in [0.1, 0.15) is 0 Å². The number of ether oxygens (including phenoxy) is 2. The van der Waals surface area contributed by atoms with Gasteiger partial charge in [-0.2, -0.15) is 0 Å². The Hall–Kier alpha value is -1.98. The van der Waals surface area contributed by atoms with Crippen LogP contribution in [0.3, 0.4) is 0 Å². The minimum Gasteiger partial charge on any atom is -0.493 e. The second kappa shape index (κ2) is 5.57. The van der Waals surface area contributed by atoms with Gasteiger partial charge in [0.15, 0.2) is 5.75 Å². The maximum atomic E-state index is 11.4. The second-order valence-electron chi connectivity index (χ2n) is 3.99. The number of piperazine rings is 1. The molecule has 1 fully saturated rings. The number of rotatable bonds is 2. The average molecular weight is 251 g/mol. The van der Waals surface area contributed by atoms with E-state index in [2.05, 4.69) is 9.88 Å². The number of amides is 1. The van der Waals surface area contributed by atoms with E-state index in [0.29, 0.717) is 13.1 Å². The number of carbonyl (C=O) groups excluding carboxylic acids is 1. The van der Waals surface area contributed by atoms with Crippen LogP contribution < -0.4 is 9.64 Å². The van der Waals surface area contributed by atoms with Crippen molar-refractivity contribution in [3.8, 4) is 5.75 Å². The van der Waals surface area contributed by atoms with Gasteiger partial charge in [-0.3, -0.25) is 4.98 Å². The van der Waals surface area contributed by atoms with E-state index in [9.17, 15) is 4.79 Å². The first-order valence-corrected chi connectivity index (χ1v) is 5.82. The molecule has 0 unspecified atom stereocenters. The Balaban J connectivity index is 2.03. The number of methoxy groups -OCH3 is 2. The molecule has 1 aliphatic rings. The standard InChI is InChI=1S/C12H17N3O3/c1-17-11-9-13-4-3-10(11)14-5-7-15(8-6-14)12(16)18-2/h3-4,9H,5-8H2,1-2H3. The molecule has 98 valence electrons. The van der Waals surface area contributed by atoms with Crippen molar-refractivity contribution in [2.45, 2.75) is 0 Å². The van der Waals surface area contributed by atoms with E-state index in [1.807, 2.05) is 6.07 Å². The molecule has 0 saturated carbocycles. The topological polar surface area (TPSA) is 54.9 Å². The Morgan fingerprint density at radius 2 is 2.00 bits per heavy atom. The van der Waals surface area contributed by atoms with Gasteiger partial charge in [-0.25, -0.2) is 4.79 Å². The largest absolute Gasteiger partial charge is 0.493 e. The zero-order valence-corrected chi connectivity index (χ0v) is 10.6. The normalized spacial score (nSPS) is 15.4. The lowest BCUT2D eigenvalue weighted by Crippen LogP contribution is -2.48. The third-order valence-corrected chi connectivity index (χ3v) is 3.04. The molecule has 0 N–H and O–H groups in total. The smallest absolute Gasteiger partial charge is 0.409 e. The van der Waals surface area contributed by atoms with Crippen LogP contribution in [0.25, 0.3) is 0 Å². The van der Waals surface area contributed by atoms with Gasteiger partial charge in [-0.1, -0.05) is 0 Å². The molecular weight excluding hydrogens is 234 g/mol. The fourth-order valence-corrected chi connectivity index (χ4v) is 2.05. The lowest BCUT2D eigenvalue weighted by atomic mass is 10.2. The van der Waals surface area contributed by atoms with E-state index in [0.717, 1.165) is 24.5 Å². The first-order chi connectivity index (χ1) is 8.76. The molecule has 6 heteroatoms. The summed E-state index contributed by atoms with van der Waals surface area (Å²) in [6, 6.07) is 1.92. The van der Waals surface area contributed by atoms with Crippen molar-refractivity contribution in [1.82, 2.24) is 9.88 Å². The Labute approximate surface area is 106 Å². The molecule has 0 atom stereocenters. The van der Waals surface area contributed by atoms with Crippen molar-refractivity contribution < 1.29 is 14.3 Å². The Morgan fingerprint density at radius 3 is 2.61 bits per heavy atom. The highest BCUT2D eigenvalue weighted by atomic mass is 16.5. The number of aromatic nitrogens is 1. The first kappa shape index (κ1) is 12.5. The first-order valence-electron chi connectivity index (χ1n) is 5.82. The number of hydrogen-bond acceptors (Lipinski definition) is 5. The number of nitrogens with zero attached hydrogens (tertiary/aromatic N) is 3. The van der Waals surface area contributed by atoms with Crippen LogP contribution in [-0.2, 0) is 4.74 Å². The molecule has 0 aromatic carbocycles. The molecule has 0 bridgehead atoms. The molecule has 6 nitrogen and oxygen atoms in total. The minimum absolute atomic E-state index is 0.267. The summed E-state index contributed by atoms with van der Waals surface area (Å²) in [7, 11) is 3.03. The van der Waals surface area contributed by atoms with Gasteiger partial charge in [0, 0.05) is 32.4 Å². The van der Waals surface area contributed by atoms with Gasteiger partial charge in [0.05, 0.1) is 26.1 Å². The van der Waals surface area contributed by atoms with Crippen molar-refractivity contribution in [3.63, 3.8) is 0 Å². The van der Waals surface area contributed by atoms with Crippen LogP contribution in [0.4, 0.5) is 10.5 Å². The molecule has 0 radical (unpaired) electrons. The van der Waals surface area contributed by atoms with Crippen molar-refractivity contribution in [2.75, 3.05) is 45.3 Å². The van der Waals surface area contributed by atoms with Gasteiger partial charge in [-0.15, -0.1) is 0 Å². The predicted octanol–water partition coefficient (Wildman–Crippen LogP) is 0.979. The molecule has 1 saturated heterocycles. The Morgan fingerprint density at radius 1 is 1.28 bits per heavy atom. The van der Waals surface area contributed by atoms with E-state index in [1.165, 1.54) is 7.11 Å². The molecule has 2 heterocycles. The molecule has 2 rings (SSSR count). The summed E-state index contributed by atoms with van der Waals surface area (Å²) in [6.07, 6.45) is 3.17. The maximum Gasteiger partial charge on any atom is 0.409 e. The zero-order valence-electron chi connectivity index (χ0n) is 10.6. The quantitative estimate of drug-likeness (QED) is 0.784. The monoisotopic (exact) mass is 251 g/mol. The number of pyridine rings is 1. The third kappa shape index (κ3) is 2.47. The highest BCUT2D eigenvalue weighted by Crippen LogP contribution is 2.27. The fourth-order valence-electron chi connectivity index (χ4n) is 2.05. The summed E-state index contributed by atoms with van der Waals surface area (Å²) in [5.74, 6) is 0.754. The van der Waals surface area contributed by atoms with Gasteiger partial charge >= 0.3 is 6.09 Å². The molecule has 0 aliphatic carbocycles. The van der Waals surface area contributed by atoms with E-state index < -0.39 is 0 Å². The molecule has 1 amide bonds. The second-order valence-corrected chi connectivity index (χ2v) is 3.99. The van der Waals surface area contributed by atoms with Gasteiger partial charge in [0.1, 0.15) is 0 Å². The van der Waals surface area contributed by atoms with Gasteiger partial charge in [0.2, 0.25) is 0 Å². The van der Waals surface area contributed by atoms with Gasteiger partial charge in [0.25, 0.3) is 0 Å². The van der Waals surface area contributed by atoms with E-state index in [4.69, 9.17) is 9.47 Å². The third-order valence-electron chi connectivity index (χ3n) is 3.04. The molecule has 1 aromatic rings. The van der Waals surface area contributed by atoms with Gasteiger partial charge < -0.3 is 19.3 Å². The number of carbonyl (C=O) groups is 1. The Bertz CT molecular complexity index is 417. The van der Waals surface area contributed by atoms with Gasteiger partial charge in [-0.05, 0) is 6.07 Å². The average Bonchev–Trinajstić information content (AvgIpc) is 2.46. The highest BCUT2D eigenvalue weighted by molar-refractivity contribution is 5.68. The van der Waals surface area contributed by atoms with Crippen LogP contribution in [0, 0.1) is 0 Å². The van der Waals surface area contributed by atoms with Crippen molar-refractivity contribution in [3.05, 3.63) is 18.5 Å². The maximum absolute atomic E-state index is 11.4. The SMILES string of the molecule is COC(=O)N1CCN(c2ccncc2OC)CC1. The molecule has 1 aromatic heterocycles. The van der Waals surface area contributed by atoms with Crippen molar-refractivity contribution in [2.24, 2.45) is 0 Å². The van der Waals surface area contributed by atoms with Crippen LogP contribution in [0.2, 0.25) is 0 Å². The summed E-state index contributed by atoms with van der Waals surface area (Å²) in [4.78, 5) is 19.3. The van der Waals surface area contributed by atoms with Crippen LogP contribution >= 0.6 is 0 Å². The van der Waals surface area contributed by atoms with Crippen LogP contribution in [0.5, 0.6) is 5.75 Å². The molecule has 0 spiro atoms. The fraction of sp³-hybridized carbons (Fsp3) is 0.500. The number of anilines is 1. The Kier molecular flexibility index (Phi) is 3.86. The molecular formula is C12H17N3O3. The van der Waals surface area contributed by atoms with Crippen molar-refractivity contribution in [1.29, 1.82) is 0 Å². The lowest BCUT2D eigenvalue weighted by molar-refractivity contribution is 0.121. The summed E-state index contributed by atoms with van der Waals surface area (Å²) in [5.41, 5.74) is 1.01. The van der Waals surface area contributed by atoms with Crippen LogP contribution in [-0.4, -0.2) is 56.4 Å². The summed E-state index contributed by atoms with van der Waals surface area (Å²) < 4.78 is 9.99. The van der Waals surface area contributed by atoms with Crippen molar-refractivity contribution >= 4 is 11.8 Å². The summed E-state index contributed by atoms with van der Waals surface area (Å²) in [6.45, 7) is 2.82. The lowest BCUT2D eigenvalue weighted by Gasteiger charge is -2.35. The minimum atomic E-state index is -0.267. The summed E-state index contributed by atoms with van der Waals surface area (Å²) >= 11 is 0. The number of hydrogen-bond donors (Lipinski definition) is 0. The van der Waals surface area contributed by atoms with E-state index in [-0.39, 0.29) is 6.09 Å². The highest BCUT2D eigenvalue weighted by Gasteiger charge is 2.23.